The number of carbonyl (C=O) groups is 1. The van der Waals surface area contributed by atoms with Crippen molar-refractivity contribution in [2.45, 2.75) is 13.8 Å². The minimum absolute atomic E-state index is 0.130. The zero-order valence-electron chi connectivity index (χ0n) is 12.1. The lowest BCUT2D eigenvalue weighted by Gasteiger charge is -2.09. The smallest absolute Gasteiger partial charge is 0.256 e. The van der Waals surface area contributed by atoms with Gasteiger partial charge in [0.1, 0.15) is 0 Å². The van der Waals surface area contributed by atoms with Gasteiger partial charge < -0.3 is 5.32 Å². The van der Waals surface area contributed by atoms with Crippen LogP contribution in [0.3, 0.4) is 0 Å². The Hall–Kier alpha value is -2.61. The van der Waals surface area contributed by atoms with E-state index >= 15 is 0 Å². The number of hydrogen-bond donors (Lipinski definition) is 1. The van der Waals surface area contributed by atoms with Gasteiger partial charge in [-0.25, -0.2) is 0 Å². The van der Waals surface area contributed by atoms with Crippen molar-refractivity contribution in [3.05, 3.63) is 77.4 Å². The Balaban J connectivity index is 1.95. The van der Waals surface area contributed by atoms with E-state index in [9.17, 15) is 4.79 Å². The van der Waals surface area contributed by atoms with Gasteiger partial charge in [-0.2, -0.15) is 0 Å². The van der Waals surface area contributed by atoms with E-state index in [4.69, 9.17) is 0 Å². The molecule has 3 aromatic carbocycles. The maximum atomic E-state index is 12.5. The van der Waals surface area contributed by atoms with Crippen LogP contribution >= 0.6 is 0 Å². The molecule has 0 saturated carbocycles. The molecule has 0 fully saturated rings. The summed E-state index contributed by atoms with van der Waals surface area (Å²) >= 11 is 0. The van der Waals surface area contributed by atoms with E-state index in [0.29, 0.717) is 5.56 Å². The number of nitrogens with one attached hydrogen (secondary N) is 1. The molecule has 103 valence electrons. The molecule has 0 heterocycles. The molecule has 0 aliphatic rings. The molecule has 0 aliphatic heterocycles. The van der Waals surface area contributed by atoms with Gasteiger partial charge in [0, 0.05) is 5.69 Å². The van der Waals surface area contributed by atoms with E-state index in [0.717, 1.165) is 22.0 Å². The van der Waals surface area contributed by atoms with Gasteiger partial charge in [-0.15, -0.1) is 0 Å². The lowest BCUT2D eigenvalue weighted by molar-refractivity contribution is 0.102. The number of amides is 1. The predicted molar refractivity (Wildman–Crippen MR) is 86.7 cm³/mol. The third-order valence-corrected chi connectivity index (χ3v) is 3.71. The average Bonchev–Trinajstić information content (AvgIpc) is 2.50. The van der Waals surface area contributed by atoms with Crippen LogP contribution in [0.15, 0.2) is 54.6 Å². The Morgan fingerprint density at radius 3 is 2.62 bits per heavy atom. The molecule has 2 nitrogen and oxygen atoms in total. The number of carbonyl (C=O) groups excluding carboxylic acids is 1. The van der Waals surface area contributed by atoms with Crippen molar-refractivity contribution < 1.29 is 4.79 Å². The first kappa shape index (κ1) is 13.4. The quantitative estimate of drug-likeness (QED) is 0.732. The molecule has 0 aromatic heterocycles. The van der Waals surface area contributed by atoms with E-state index in [-0.39, 0.29) is 5.91 Å². The van der Waals surface area contributed by atoms with Crippen molar-refractivity contribution in [1.29, 1.82) is 0 Å². The first-order chi connectivity index (χ1) is 10.1. The van der Waals surface area contributed by atoms with Crippen LogP contribution < -0.4 is 5.32 Å². The van der Waals surface area contributed by atoms with Crippen molar-refractivity contribution in [3.63, 3.8) is 0 Å². The number of anilines is 1. The van der Waals surface area contributed by atoms with Crippen molar-refractivity contribution in [2.24, 2.45) is 0 Å². The van der Waals surface area contributed by atoms with Crippen LogP contribution in [0, 0.1) is 19.9 Å². The summed E-state index contributed by atoms with van der Waals surface area (Å²) in [6.07, 6.45) is 0. The largest absolute Gasteiger partial charge is 0.322 e. The van der Waals surface area contributed by atoms with Gasteiger partial charge in [0.05, 0.1) is 5.56 Å². The summed E-state index contributed by atoms with van der Waals surface area (Å²) in [7, 11) is 0. The van der Waals surface area contributed by atoms with Crippen LogP contribution in [-0.2, 0) is 0 Å². The number of aryl methyl sites for hydroxylation is 2. The van der Waals surface area contributed by atoms with Crippen LogP contribution in [0.5, 0.6) is 0 Å². The highest BCUT2D eigenvalue weighted by molar-refractivity contribution is 6.12. The minimum Gasteiger partial charge on any atom is -0.322 e. The molecule has 3 aromatic rings. The zero-order valence-corrected chi connectivity index (χ0v) is 12.1. The van der Waals surface area contributed by atoms with Gasteiger partial charge in [-0.3, -0.25) is 4.79 Å². The third-order valence-electron chi connectivity index (χ3n) is 3.71. The number of hydrogen-bond acceptors (Lipinski definition) is 1. The van der Waals surface area contributed by atoms with Crippen LogP contribution in [0.4, 0.5) is 5.69 Å². The fraction of sp³-hybridized carbons (Fsp3) is 0.105. The summed E-state index contributed by atoms with van der Waals surface area (Å²) < 4.78 is 0. The molecule has 0 unspecified atom stereocenters. The molecular weight excluding hydrogens is 258 g/mol. The summed E-state index contributed by atoms with van der Waals surface area (Å²) in [4.78, 5) is 12.5. The molecule has 2 heteroatoms. The van der Waals surface area contributed by atoms with Crippen LogP contribution in [0.2, 0.25) is 0 Å². The van der Waals surface area contributed by atoms with Crippen LogP contribution in [0.1, 0.15) is 21.5 Å². The molecule has 21 heavy (non-hydrogen) atoms. The van der Waals surface area contributed by atoms with Gasteiger partial charge in [-0.05, 0) is 53.9 Å². The van der Waals surface area contributed by atoms with Crippen molar-refractivity contribution in [3.8, 4) is 0 Å². The molecule has 0 saturated heterocycles. The molecule has 1 radical (unpaired) electrons. The Kier molecular flexibility index (Phi) is 3.44. The maximum absolute atomic E-state index is 12.5. The van der Waals surface area contributed by atoms with Gasteiger partial charge in [0.2, 0.25) is 0 Å². The number of benzene rings is 3. The van der Waals surface area contributed by atoms with Gasteiger partial charge in [0.15, 0.2) is 0 Å². The minimum atomic E-state index is -0.130. The normalized spacial score (nSPS) is 10.6. The first-order valence-electron chi connectivity index (χ1n) is 6.93. The lowest BCUT2D eigenvalue weighted by Crippen LogP contribution is -2.12. The summed E-state index contributed by atoms with van der Waals surface area (Å²) in [6.45, 7) is 4.09. The highest BCUT2D eigenvalue weighted by Gasteiger charge is 2.10. The van der Waals surface area contributed by atoms with Gasteiger partial charge in [-0.1, -0.05) is 42.5 Å². The second-order valence-corrected chi connectivity index (χ2v) is 5.19. The lowest BCUT2D eigenvalue weighted by atomic mass is 10.0. The van der Waals surface area contributed by atoms with E-state index in [1.54, 1.807) is 6.07 Å². The van der Waals surface area contributed by atoms with Crippen LogP contribution in [0.25, 0.3) is 10.8 Å². The topological polar surface area (TPSA) is 29.1 Å². The molecule has 0 bridgehead atoms. The summed E-state index contributed by atoms with van der Waals surface area (Å²) in [5.74, 6) is -0.130. The highest BCUT2D eigenvalue weighted by Crippen LogP contribution is 2.20. The fourth-order valence-corrected chi connectivity index (χ4v) is 2.36. The summed E-state index contributed by atoms with van der Waals surface area (Å²) in [5, 5.41) is 4.91. The summed E-state index contributed by atoms with van der Waals surface area (Å²) in [6, 6.07) is 20.6. The second kappa shape index (κ2) is 5.41. The van der Waals surface area contributed by atoms with E-state index < -0.39 is 0 Å². The van der Waals surface area contributed by atoms with E-state index in [1.807, 2.05) is 55.5 Å². The number of rotatable bonds is 2. The maximum Gasteiger partial charge on any atom is 0.256 e. The first-order valence-corrected chi connectivity index (χ1v) is 6.93. The Bertz CT molecular complexity index is 815. The highest BCUT2D eigenvalue weighted by atomic mass is 16.1. The zero-order chi connectivity index (χ0) is 14.8. The van der Waals surface area contributed by atoms with Crippen molar-refractivity contribution in [2.75, 3.05) is 5.32 Å². The standard InChI is InChI=1S/C19H16NO/c1-13-10-11-16(12-14(13)2)20-19(21)18-9-5-7-15-6-3-4-8-17(15)18/h3-8,10-12H,1-2H3,(H,20,21). The fourth-order valence-electron chi connectivity index (χ4n) is 2.36. The molecule has 3 rings (SSSR count). The number of fused-ring (bicyclic) bond motifs is 1. The van der Waals surface area contributed by atoms with Crippen molar-refractivity contribution >= 4 is 22.4 Å². The van der Waals surface area contributed by atoms with Crippen molar-refractivity contribution in [1.82, 2.24) is 0 Å². The second-order valence-electron chi connectivity index (χ2n) is 5.19. The molecule has 0 spiro atoms. The predicted octanol–water partition coefficient (Wildman–Crippen LogP) is 4.51. The third kappa shape index (κ3) is 2.65. The molecule has 1 N–H and O–H groups in total. The molecule has 0 aliphatic carbocycles. The van der Waals surface area contributed by atoms with E-state index in [2.05, 4.69) is 18.3 Å². The van der Waals surface area contributed by atoms with Gasteiger partial charge >= 0.3 is 0 Å². The Morgan fingerprint density at radius 2 is 1.81 bits per heavy atom. The monoisotopic (exact) mass is 274 g/mol. The SMILES string of the molecule is Cc1ccc(NC(=O)c2[c]ccc3ccccc23)cc1C. The molecular formula is C19H16NO. The Labute approximate surface area is 124 Å². The summed E-state index contributed by atoms with van der Waals surface area (Å²) in [5.41, 5.74) is 3.76. The van der Waals surface area contributed by atoms with Crippen LogP contribution in [-0.4, -0.2) is 5.91 Å². The van der Waals surface area contributed by atoms with E-state index in [1.165, 1.54) is 5.56 Å². The Morgan fingerprint density at radius 1 is 1.00 bits per heavy atom. The average molecular weight is 274 g/mol. The molecule has 0 atom stereocenters. The molecule has 1 amide bonds. The van der Waals surface area contributed by atoms with Gasteiger partial charge in [0.25, 0.3) is 5.91 Å².